The molecular formula is C14H18N4. The molecule has 4 nitrogen and oxygen atoms in total. The molecule has 0 aliphatic rings. The summed E-state index contributed by atoms with van der Waals surface area (Å²) in [6.45, 7) is 5.00. The first-order valence-electron chi connectivity index (χ1n) is 6.14. The Kier molecular flexibility index (Phi) is 3.77. The van der Waals surface area contributed by atoms with Gasteiger partial charge in [0, 0.05) is 29.6 Å². The minimum Gasteiger partial charge on any atom is -0.399 e. The van der Waals surface area contributed by atoms with E-state index in [2.05, 4.69) is 22.2 Å². The van der Waals surface area contributed by atoms with Crippen molar-refractivity contribution in [2.24, 2.45) is 0 Å². The minimum atomic E-state index is 0.709. The van der Waals surface area contributed by atoms with Crippen molar-refractivity contribution in [2.45, 2.75) is 20.3 Å². The summed E-state index contributed by atoms with van der Waals surface area (Å²) in [6.07, 6.45) is 1.07. The van der Waals surface area contributed by atoms with Gasteiger partial charge in [-0.15, -0.1) is 0 Å². The number of nitrogens with zero attached hydrogens (tertiary/aromatic N) is 2. The lowest BCUT2D eigenvalue weighted by Gasteiger charge is -2.08. The van der Waals surface area contributed by atoms with Crippen LogP contribution in [-0.2, 0) is 0 Å². The number of hydrogen-bond acceptors (Lipinski definition) is 4. The summed E-state index contributed by atoms with van der Waals surface area (Å²) in [5.74, 6) is 1.57. The van der Waals surface area contributed by atoms with E-state index in [1.807, 2.05) is 37.3 Å². The van der Waals surface area contributed by atoms with Crippen LogP contribution in [0.15, 0.2) is 30.3 Å². The Morgan fingerprint density at radius 2 is 2.06 bits per heavy atom. The Hall–Kier alpha value is -2.10. The Morgan fingerprint density at radius 3 is 2.78 bits per heavy atom. The van der Waals surface area contributed by atoms with Gasteiger partial charge in [0.25, 0.3) is 0 Å². The second kappa shape index (κ2) is 5.49. The first-order chi connectivity index (χ1) is 8.69. The molecule has 0 radical (unpaired) electrons. The van der Waals surface area contributed by atoms with Gasteiger partial charge in [0.05, 0.1) is 0 Å². The molecule has 18 heavy (non-hydrogen) atoms. The van der Waals surface area contributed by atoms with Crippen molar-refractivity contribution in [3.63, 3.8) is 0 Å². The third kappa shape index (κ3) is 2.97. The molecule has 0 atom stereocenters. The maximum Gasteiger partial charge on any atom is 0.161 e. The monoisotopic (exact) mass is 242 g/mol. The molecule has 2 aromatic rings. The van der Waals surface area contributed by atoms with Gasteiger partial charge >= 0.3 is 0 Å². The van der Waals surface area contributed by atoms with Crippen LogP contribution in [-0.4, -0.2) is 16.5 Å². The van der Waals surface area contributed by atoms with Crippen molar-refractivity contribution in [1.82, 2.24) is 9.97 Å². The molecule has 4 heteroatoms. The average Bonchev–Trinajstić information content (AvgIpc) is 2.36. The highest BCUT2D eigenvalue weighted by molar-refractivity contribution is 5.62. The number of nitrogen functional groups attached to an aromatic ring is 1. The SMILES string of the molecule is CCCNc1cc(C)nc(-c2cccc(N)c2)n1. The van der Waals surface area contributed by atoms with E-state index in [4.69, 9.17) is 5.73 Å². The van der Waals surface area contributed by atoms with Crippen LogP contribution in [0.3, 0.4) is 0 Å². The van der Waals surface area contributed by atoms with Crippen molar-refractivity contribution in [2.75, 3.05) is 17.6 Å². The molecule has 0 saturated carbocycles. The predicted molar refractivity (Wildman–Crippen MR) is 75.4 cm³/mol. The number of nitrogens with two attached hydrogens (primary N) is 1. The molecular weight excluding hydrogens is 224 g/mol. The molecule has 0 aliphatic heterocycles. The largest absolute Gasteiger partial charge is 0.399 e. The van der Waals surface area contributed by atoms with E-state index >= 15 is 0 Å². The Bertz CT molecular complexity index is 537. The van der Waals surface area contributed by atoms with Crippen molar-refractivity contribution < 1.29 is 0 Å². The van der Waals surface area contributed by atoms with E-state index in [0.29, 0.717) is 5.82 Å². The van der Waals surface area contributed by atoms with Gasteiger partial charge in [-0.1, -0.05) is 19.1 Å². The van der Waals surface area contributed by atoms with Crippen molar-refractivity contribution >= 4 is 11.5 Å². The molecule has 0 amide bonds. The lowest BCUT2D eigenvalue weighted by atomic mass is 10.2. The van der Waals surface area contributed by atoms with E-state index in [9.17, 15) is 0 Å². The third-order valence-electron chi connectivity index (χ3n) is 2.56. The fraction of sp³-hybridized carbons (Fsp3) is 0.286. The first-order valence-corrected chi connectivity index (χ1v) is 6.14. The lowest BCUT2D eigenvalue weighted by molar-refractivity contribution is 0.962. The summed E-state index contributed by atoms with van der Waals surface area (Å²) in [5.41, 5.74) is 8.39. The van der Waals surface area contributed by atoms with Gasteiger partial charge in [-0.25, -0.2) is 9.97 Å². The summed E-state index contributed by atoms with van der Waals surface area (Å²) >= 11 is 0. The summed E-state index contributed by atoms with van der Waals surface area (Å²) in [4.78, 5) is 8.95. The van der Waals surface area contributed by atoms with Gasteiger partial charge in [-0.3, -0.25) is 0 Å². The molecule has 0 spiro atoms. The lowest BCUT2D eigenvalue weighted by Crippen LogP contribution is -2.04. The number of nitrogens with one attached hydrogen (secondary N) is 1. The zero-order valence-corrected chi connectivity index (χ0v) is 10.8. The number of rotatable bonds is 4. The van der Waals surface area contributed by atoms with Gasteiger partial charge in [0.1, 0.15) is 5.82 Å². The molecule has 0 unspecified atom stereocenters. The normalized spacial score (nSPS) is 10.3. The van der Waals surface area contributed by atoms with Crippen LogP contribution < -0.4 is 11.1 Å². The van der Waals surface area contributed by atoms with Crippen molar-refractivity contribution in [3.8, 4) is 11.4 Å². The van der Waals surface area contributed by atoms with E-state index in [0.717, 1.165) is 35.7 Å². The van der Waals surface area contributed by atoms with Gasteiger partial charge in [-0.2, -0.15) is 0 Å². The summed E-state index contributed by atoms with van der Waals surface area (Å²) in [6, 6.07) is 9.57. The van der Waals surface area contributed by atoms with Gasteiger partial charge in [0.2, 0.25) is 0 Å². The maximum atomic E-state index is 5.78. The van der Waals surface area contributed by atoms with Crippen LogP contribution in [0.5, 0.6) is 0 Å². The average molecular weight is 242 g/mol. The number of benzene rings is 1. The Morgan fingerprint density at radius 1 is 1.22 bits per heavy atom. The quantitative estimate of drug-likeness (QED) is 0.809. The molecule has 2 rings (SSSR count). The molecule has 1 aromatic carbocycles. The van der Waals surface area contributed by atoms with E-state index in [1.54, 1.807) is 0 Å². The number of anilines is 2. The molecule has 0 bridgehead atoms. The molecule has 0 saturated heterocycles. The van der Waals surface area contributed by atoms with Crippen LogP contribution >= 0.6 is 0 Å². The van der Waals surface area contributed by atoms with Crippen LogP contribution in [0.4, 0.5) is 11.5 Å². The summed E-state index contributed by atoms with van der Waals surface area (Å²) in [7, 11) is 0. The highest BCUT2D eigenvalue weighted by Crippen LogP contribution is 2.19. The highest BCUT2D eigenvalue weighted by atomic mass is 15.0. The minimum absolute atomic E-state index is 0.709. The molecule has 1 heterocycles. The smallest absolute Gasteiger partial charge is 0.161 e. The zero-order valence-electron chi connectivity index (χ0n) is 10.8. The van der Waals surface area contributed by atoms with Crippen LogP contribution in [0, 0.1) is 6.92 Å². The highest BCUT2D eigenvalue weighted by Gasteiger charge is 2.05. The summed E-state index contributed by atoms with van der Waals surface area (Å²) < 4.78 is 0. The van der Waals surface area contributed by atoms with Crippen LogP contribution in [0.1, 0.15) is 19.0 Å². The number of aryl methyl sites for hydroxylation is 1. The van der Waals surface area contributed by atoms with Crippen molar-refractivity contribution in [1.29, 1.82) is 0 Å². The third-order valence-corrected chi connectivity index (χ3v) is 2.56. The Labute approximate surface area is 107 Å². The molecule has 3 N–H and O–H groups in total. The van der Waals surface area contributed by atoms with Crippen molar-refractivity contribution in [3.05, 3.63) is 36.0 Å². The number of hydrogen-bond donors (Lipinski definition) is 2. The van der Waals surface area contributed by atoms with E-state index in [1.165, 1.54) is 0 Å². The van der Waals surface area contributed by atoms with E-state index < -0.39 is 0 Å². The van der Waals surface area contributed by atoms with E-state index in [-0.39, 0.29) is 0 Å². The standard InChI is InChI=1S/C14H18N4/c1-3-7-16-13-8-10(2)17-14(18-13)11-5-4-6-12(15)9-11/h4-6,8-9H,3,7,15H2,1-2H3,(H,16,17,18). The number of aromatic nitrogens is 2. The molecule has 1 aromatic heterocycles. The second-order valence-corrected chi connectivity index (χ2v) is 4.27. The van der Waals surface area contributed by atoms with Gasteiger partial charge in [0.15, 0.2) is 5.82 Å². The van der Waals surface area contributed by atoms with Gasteiger partial charge < -0.3 is 11.1 Å². The maximum absolute atomic E-state index is 5.78. The molecule has 94 valence electrons. The van der Waals surface area contributed by atoms with Gasteiger partial charge in [-0.05, 0) is 25.5 Å². The van der Waals surface area contributed by atoms with Crippen LogP contribution in [0.2, 0.25) is 0 Å². The Balaban J connectivity index is 2.35. The molecule has 0 fully saturated rings. The topological polar surface area (TPSA) is 63.8 Å². The second-order valence-electron chi connectivity index (χ2n) is 4.27. The fourth-order valence-electron chi connectivity index (χ4n) is 1.72. The van der Waals surface area contributed by atoms with Crippen LogP contribution in [0.25, 0.3) is 11.4 Å². The molecule has 0 aliphatic carbocycles. The first kappa shape index (κ1) is 12.4. The predicted octanol–water partition coefficient (Wildman–Crippen LogP) is 2.86. The fourth-order valence-corrected chi connectivity index (χ4v) is 1.72. The summed E-state index contributed by atoms with van der Waals surface area (Å²) in [5, 5.41) is 3.28. The zero-order chi connectivity index (χ0) is 13.0.